The lowest BCUT2D eigenvalue weighted by molar-refractivity contribution is 1.14. The van der Waals surface area contributed by atoms with Crippen molar-refractivity contribution in [1.82, 2.24) is 0 Å². The fourth-order valence-corrected chi connectivity index (χ4v) is 1.89. The van der Waals surface area contributed by atoms with Crippen molar-refractivity contribution in [3.63, 3.8) is 0 Å². The molecule has 0 saturated carbocycles. The third-order valence-corrected chi connectivity index (χ3v) is 2.89. The van der Waals surface area contributed by atoms with Crippen molar-refractivity contribution < 1.29 is 0 Å². The molecular weight excluding hydrogens is 232 g/mol. The summed E-state index contributed by atoms with van der Waals surface area (Å²) in [7, 11) is 0. The lowest BCUT2D eigenvalue weighted by Gasteiger charge is -2.08. The maximum atomic E-state index is 7.58. The van der Waals surface area contributed by atoms with Crippen LogP contribution < -0.4 is 5.73 Å². The van der Waals surface area contributed by atoms with E-state index in [1.165, 1.54) is 5.56 Å². The Balaban J connectivity index is 0.000000861. The van der Waals surface area contributed by atoms with Crippen LogP contribution in [-0.2, 0) is 6.42 Å². The molecule has 0 fully saturated rings. The van der Waals surface area contributed by atoms with Crippen molar-refractivity contribution in [3.05, 3.63) is 59.7 Å². The molecule has 19 heavy (non-hydrogen) atoms. The second kappa shape index (κ2) is 7.37. The highest BCUT2D eigenvalue weighted by Gasteiger charge is 2.06. The Morgan fingerprint density at radius 3 is 2.11 bits per heavy atom. The highest BCUT2D eigenvalue weighted by atomic mass is 14.7. The summed E-state index contributed by atoms with van der Waals surface area (Å²) in [6.45, 7) is 6.14. The average Bonchev–Trinajstić information content (AvgIpc) is 2.49. The van der Waals surface area contributed by atoms with Gasteiger partial charge < -0.3 is 5.73 Å². The van der Waals surface area contributed by atoms with Crippen LogP contribution in [0.1, 0.15) is 31.9 Å². The Labute approximate surface area is 115 Å². The molecule has 2 heteroatoms. The molecule has 2 aromatic rings. The van der Waals surface area contributed by atoms with Crippen molar-refractivity contribution in [2.75, 3.05) is 0 Å². The predicted octanol–water partition coefficient (Wildman–Crippen LogP) is 4.23. The van der Waals surface area contributed by atoms with Crippen LogP contribution in [0.5, 0.6) is 0 Å². The number of hydrogen-bond acceptors (Lipinski definition) is 1. The lowest BCUT2D eigenvalue weighted by atomic mass is 9.98. The summed E-state index contributed by atoms with van der Waals surface area (Å²) in [6, 6.07) is 16.2. The highest BCUT2D eigenvalue weighted by molar-refractivity contribution is 6.01. The number of rotatable bonds is 3. The molecule has 0 aromatic heterocycles. The zero-order valence-corrected chi connectivity index (χ0v) is 11.9. The number of hydrogen-bond donors (Lipinski definition) is 2. The Bertz CT molecular complexity index is 527. The van der Waals surface area contributed by atoms with Gasteiger partial charge in [-0.05, 0) is 23.1 Å². The van der Waals surface area contributed by atoms with Crippen molar-refractivity contribution in [2.24, 2.45) is 5.73 Å². The Hall–Kier alpha value is -2.09. The smallest absolute Gasteiger partial charge is 0.123 e. The van der Waals surface area contributed by atoms with Gasteiger partial charge in [-0.25, -0.2) is 0 Å². The minimum Gasteiger partial charge on any atom is -0.384 e. The maximum Gasteiger partial charge on any atom is 0.123 e. The summed E-state index contributed by atoms with van der Waals surface area (Å²) < 4.78 is 0. The molecule has 100 valence electrons. The van der Waals surface area contributed by atoms with Gasteiger partial charge >= 0.3 is 0 Å². The molecule has 0 radical (unpaired) electrons. The molecule has 0 spiro atoms. The number of aryl methyl sites for hydroxylation is 1. The molecule has 0 aliphatic heterocycles. The normalized spacial score (nSPS) is 9.42. The number of nitrogen functional groups attached to an aromatic ring is 1. The van der Waals surface area contributed by atoms with Gasteiger partial charge in [0.2, 0.25) is 0 Å². The molecule has 2 rings (SSSR count). The number of nitrogens with one attached hydrogen (secondary N) is 1. The van der Waals surface area contributed by atoms with E-state index in [-0.39, 0.29) is 5.84 Å². The molecule has 0 aliphatic rings. The first-order valence-electron chi connectivity index (χ1n) is 6.75. The second-order valence-electron chi connectivity index (χ2n) is 4.01. The number of benzene rings is 2. The molecule has 0 heterocycles. The summed E-state index contributed by atoms with van der Waals surface area (Å²) in [5.41, 5.74) is 9.81. The topological polar surface area (TPSA) is 49.9 Å². The maximum absolute atomic E-state index is 7.58. The zero-order valence-electron chi connectivity index (χ0n) is 11.9. The van der Waals surface area contributed by atoms with Gasteiger partial charge in [-0.15, -0.1) is 0 Å². The quantitative estimate of drug-likeness (QED) is 0.625. The third kappa shape index (κ3) is 3.68. The van der Waals surface area contributed by atoms with E-state index >= 15 is 0 Å². The Morgan fingerprint density at radius 2 is 1.58 bits per heavy atom. The van der Waals surface area contributed by atoms with E-state index in [4.69, 9.17) is 11.1 Å². The van der Waals surface area contributed by atoms with Gasteiger partial charge in [0.1, 0.15) is 5.84 Å². The van der Waals surface area contributed by atoms with Gasteiger partial charge in [0.15, 0.2) is 0 Å². The number of amidine groups is 1. The van der Waals surface area contributed by atoms with E-state index < -0.39 is 0 Å². The van der Waals surface area contributed by atoms with Crippen LogP contribution in [0.15, 0.2) is 48.5 Å². The van der Waals surface area contributed by atoms with E-state index in [1.807, 2.05) is 38.1 Å². The molecule has 0 aliphatic carbocycles. The molecule has 2 aromatic carbocycles. The summed E-state index contributed by atoms with van der Waals surface area (Å²) in [6.07, 6.45) is 1.04. The first-order chi connectivity index (χ1) is 9.22. The lowest BCUT2D eigenvalue weighted by Crippen LogP contribution is -2.12. The van der Waals surface area contributed by atoms with E-state index in [0.29, 0.717) is 0 Å². The van der Waals surface area contributed by atoms with Crippen LogP contribution >= 0.6 is 0 Å². The molecule has 0 amide bonds. The monoisotopic (exact) mass is 254 g/mol. The van der Waals surface area contributed by atoms with Crippen LogP contribution in [0.4, 0.5) is 0 Å². The van der Waals surface area contributed by atoms with E-state index in [0.717, 1.165) is 23.1 Å². The van der Waals surface area contributed by atoms with Crippen molar-refractivity contribution in [2.45, 2.75) is 27.2 Å². The van der Waals surface area contributed by atoms with Gasteiger partial charge in [-0.3, -0.25) is 5.41 Å². The average molecular weight is 254 g/mol. The minimum absolute atomic E-state index is 0.111. The SMILES string of the molecule is CC.CCc1ccc(-c2ccccc2C(=N)N)cc1. The van der Waals surface area contributed by atoms with Gasteiger partial charge in [0.05, 0.1) is 0 Å². The van der Waals surface area contributed by atoms with Crippen LogP contribution in [0.3, 0.4) is 0 Å². The van der Waals surface area contributed by atoms with Gasteiger partial charge in [-0.1, -0.05) is 69.3 Å². The summed E-state index contributed by atoms with van der Waals surface area (Å²) in [5.74, 6) is 0.111. The van der Waals surface area contributed by atoms with E-state index in [9.17, 15) is 0 Å². The fourth-order valence-electron chi connectivity index (χ4n) is 1.89. The molecule has 2 nitrogen and oxygen atoms in total. The van der Waals surface area contributed by atoms with Crippen LogP contribution in [0.25, 0.3) is 11.1 Å². The zero-order chi connectivity index (χ0) is 14.3. The van der Waals surface area contributed by atoms with Crippen LogP contribution in [0, 0.1) is 5.41 Å². The van der Waals surface area contributed by atoms with Crippen molar-refractivity contribution >= 4 is 5.84 Å². The van der Waals surface area contributed by atoms with E-state index in [2.05, 4.69) is 31.2 Å². The first-order valence-corrected chi connectivity index (χ1v) is 6.75. The Kier molecular flexibility index (Phi) is 5.80. The summed E-state index contributed by atoms with van der Waals surface area (Å²) in [4.78, 5) is 0. The highest BCUT2D eigenvalue weighted by Crippen LogP contribution is 2.23. The number of nitrogens with two attached hydrogens (primary N) is 1. The first kappa shape index (κ1) is 15.0. The molecule has 0 unspecified atom stereocenters. The predicted molar refractivity (Wildman–Crippen MR) is 83.6 cm³/mol. The van der Waals surface area contributed by atoms with Crippen molar-refractivity contribution in [3.8, 4) is 11.1 Å². The molecule has 0 atom stereocenters. The van der Waals surface area contributed by atoms with Crippen LogP contribution in [-0.4, -0.2) is 5.84 Å². The van der Waals surface area contributed by atoms with E-state index in [1.54, 1.807) is 0 Å². The fraction of sp³-hybridized carbons (Fsp3) is 0.235. The molecule has 0 saturated heterocycles. The Morgan fingerprint density at radius 1 is 1.00 bits per heavy atom. The molecule has 0 bridgehead atoms. The molecule has 3 N–H and O–H groups in total. The summed E-state index contributed by atoms with van der Waals surface area (Å²) in [5, 5.41) is 7.58. The minimum atomic E-state index is 0.111. The van der Waals surface area contributed by atoms with Crippen molar-refractivity contribution in [1.29, 1.82) is 5.41 Å². The standard InChI is InChI=1S/C15H16N2.C2H6/c1-2-11-7-9-12(10-8-11)13-5-3-4-6-14(13)15(16)17;1-2/h3-10H,2H2,1H3,(H3,16,17);1-2H3. The van der Waals surface area contributed by atoms with Gasteiger partial charge in [0.25, 0.3) is 0 Å². The van der Waals surface area contributed by atoms with Gasteiger partial charge in [-0.2, -0.15) is 0 Å². The van der Waals surface area contributed by atoms with Gasteiger partial charge in [0, 0.05) is 5.56 Å². The molecular formula is C17H22N2. The largest absolute Gasteiger partial charge is 0.384 e. The third-order valence-electron chi connectivity index (χ3n) is 2.89. The van der Waals surface area contributed by atoms with Crippen LogP contribution in [0.2, 0.25) is 0 Å². The summed E-state index contributed by atoms with van der Waals surface area (Å²) >= 11 is 0. The second-order valence-corrected chi connectivity index (χ2v) is 4.01.